The molecule has 1 aliphatic heterocycles. The van der Waals surface area contributed by atoms with Crippen LogP contribution in [0.15, 0.2) is 24.3 Å². The molecule has 0 aromatic heterocycles. The molecule has 0 bridgehead atoms. The van der Waals surface area contributed by atoms with E-state index >= 15 is 0 Å². The van der Waals surface area contributed by atoms with Gasteiger partial charge in [0.2, 0.25) is 0 Å². The van der Waals surface area contributed by atoms with E-state index in [2.05, 4.69) is 0 Å². The molecule has 1 fully saturated rings. The normalized spacial score (nSPS) is 18.9. The Morgan fingerprint density at radius 2 is 1.67 bits per heavy atom. The molecule has 202 valence electrons. The molecule has 0 radical (unpaired) electrons. The molecule has 0 unspecified atom stereocenters. The predicted octanol–water partition coefficient (Wildman–Crippen LogP) is 5.34. The van der Waals surface area contributed by atoms with Crippen LogP contribution in [0.25, 0.3) is 0 Å². The molecule has 1 heterocycles. The number of carbonyl (C=O) groups is 3. The Morgan fingerprint density at radius 3 is 2.22 bits per heavy atom. The summed E-state index contributed by atoms with van der Waals surface area (Å²) in [5, 5.41) is 0. The Kier molecular flexibility index (Phi) is 10.1. The lowest BCUT2D eigenvalue weighted by Gasteiger charge is -2.35. The number of halogens is 1. The van der Waals surface area contributed by atoms with E-state index in [1.54, 1.807) is 50.8 Å². The number of benzene rings is 1. The molecule has 0 aliphatic carbocycles. The molecule has 7 nitrogen and oxygen atoms in total. The Hall–Kier alpha value is -2.48. The third kappa shape index (κ3) is 8.57. The van der Waals surface area contributed by atoms with Gasteiger partial charge in [-0.15, -0.1) is 0 Å². The fraction of sp³-hybridized carbons (Fsp3) is 0.679. The first kappa shape index (κ1) is 29.7. The van der Waals surface area contributed by atoms with Crippen LogP contribution in [0, 0.1) is 17.7 Å². The van der Waals surface area contributed by atoms with E-state index < -0.39 is 47.0 Å². The van der Waals surface area contributed by atoms with Crippen molar-refractivity contribution in [2.24, 2.45) is 11.8 Å². The smallest absolute Gasteiger partial charge is 0.410 e. The molecule has 1 aromatic rings. The first-order valence-corrected chi connectivity index (χ1v) is 12.6. The van der Waals surface area contributed by atoms with Crippen molar-refractivity contribution >= 4 is 17.8 Å². The maximum absolute atomic E-state index is 14.4. The van der Waals surface area contributed by atoms with Gasteiger partial charge >= 0.3 is 12.1 Å². The van der Waals surface area contributed by atoms with E-state index in [0.29, 0.717) is 18.5 Å². The molecule has 0 spiro atoms. The van der Waals surface area contributed by atoms with Crippen molar-refractivity contribution in [1.82, 2.24) is 4.90 Å². The van der Waals surface area contributed by atoms with E-state index in [-0.39, 0.29) is 24.7 Å². The lowest BCUT2D eigenvalue weighted by atomic mass is 9.85. The third-order valence-electron chi connectivity index (χ3n) is 6.19. The number of carbonyl (C=O) groups excluding carboxylic acids is 3. The summed E-state index contributed by atoms with van der Waals surface area (Å²) in [5.74, 6) is -2.63. The van der Waals surface area contributed by atoms with Gasteiger partial charge in [-0.25, -0.2) is 9.18 Å². The monoisotopic (exact) mass is 507 g/mol. The molecular formula is C28H42FNO6. The molecule has 2 rings (SSSR count). The molecule has 36 heavy (non-hydrogen) atoms. The summed E-state index contributed by atoms with van der Waals surface area (Å²) in [7, 11) is 1.52. The van der Waals surface area contributed by atoms with Crippen LogP contribution in [0.3, 0.4) is 0 Å². The van der Waals surface area contributed by atoms with Crippen LogP contribution in [0.4, 0.5) is 9.18 Å². The number of likely N-dealkylation sites (tertiary alicyclic amines) is 1. The highest BCUT2D eigenvalue weighted by molar-refractivity contribution is 5.86. The third-order valence-corrected chi connectivity index (χ3v) is 6.19. The second-order valence-corrected chi connectivity index (χ2v) is 11.6. The maximum atomic E-state index is 14.4. The van der Waals surface area contributed by atoms with Gasteiger partial charge in [-0.05, 0) is 72.4 Å². The van der Waals surface area contributed by atoms with Crippen molar-refractivity contribution in [2.45, 2.75) is 97.5 Å². The summed E-state index contributed by atoms with van der Waals surface area (Å²) in [6.45, 7) is 12.9. The van der Waals surface area contributed by atoms with Gasteiger partial charge in [0.15, 0.2) is 0 Å². The van der Waals surface area contributed by atoms with Gasteiger partial charge in [0.1, 0.15) is 22.8 Å². The van der Waals surface area contributed by atoms with Crippen LogP contribution < -0.4 is 0 Å². The SMILES string of the molecule is CO[C@H]([C@@H](C)C(=O)C[C@@H](Cc1ccccc1F)C(=O)OC(C)(C)C)[C@@H]1CCCN1C(=O)OC(C)(C)C. The van der Waals surface area contributed by atoms with Crippen LogP contribution in [0.2, 0.25) is 0 Å². The molecular weight excluding hydrogens is 465 g/mol. The second kappa shape index (κ2) is 12.2. The average Bonchev–Trinajstić information content (AvgIpc) is 3.22. The molecule has 1 saturated heterocycles. The van der Waals surface area contributed by atoms with Crippen molar-refractivity contribution in [3.8, 4) is 0 Å². The van der Waals surface area contributed by atoms with Gasteiger partial charge in [-0.2, -0.15) is 0 Å². The lowest BCUT2D eigenvalue weighted by molar-refractivity contribution is -0.161. The standard InChI is InChI=1S/C28H42FNO6/c1-18(24(34-8)22-14-11-15-30(22)26(33)36-28(5,6)7)23(31)17-20(25(32)35-27(2,3)4)16-19-12-9-10-13-21(19)29/h9-10,12-13,18,20,22,24H,11,14-17H2,1-8H3/t18-,20+,22-,24+/m0/s1. The molecule has 1 aliphatic rings. The quantitative estimate of drug-likeness (QED) is 0.420. The summed E-state index contributed by atoms with van der Waals surface area (Å²) in [4.78, 5) is 40.9. The molecule has 4 atom stereocenters. The van der Waals surface area contributed by atoms with Crippen LogP contribution in [0.1, 0.15) is 73.3 Å². The van der Waals surface area contributed by atoms with Gasteiger partial charge in [0.25, 0.3) is 0 Å². The highest BCUT2D eigenvalue weighted by Crippen LogP contribution is 2.30. The number of rotatable bonds is 9. The van der Waals surface area contributed by atoms with E-state index in [9.17, 15) is 18.8 Å². The largest absolute Gasteiger partial charge is 0.460 e. The van der Waals surface area contributed by atoms with E-state index in [4.69, 9.17) is 14.2 Å². The number of amides is 1. The Labute approximate surface area is 214 Å². The topological polar surface area (TPSA) is 82.1 Å². The van der Waals surface area contributed by atoms with E-state index in [1.807, 2.05) is 20.8 Å². The van der Waals surface area contributed by atoms with Gasteiger partial charge in [-0.1, -0.05) is 25.1 Å². The first-order chi connectivity index (χ1) is 16.6. The highest BCUT2D eigenvalue weighted by atomic mass is 19.1. The first-order valence-electron chi connectivity index (χ1n) is 12.6. The summed E-state index contributed by atoms with van der Waals surface area (Å²) in [6, 6.07) is 5.89. The molecule has 8 heteroatoms. The number of hydrogen-bond acceptors (Lipinski definition) is 6. The van der Waals surface area contributed by atoms with Crippen LogP contribution in [0.5, 0.6) is 0 Å². The summed E-state index contributed by atoms with van der Waals surface area (Å²) in [5.41, 5.74) is -1.03. The van der Waals surface area contributed by atoms with Crippen LogP contribution >= 0.6 is 0 Å². The lowest BCUT2D eigenvalue weighted by Crippen LogP contribution is -2.49. The van der Waals surface area contributed by atoms with Gasteiger partial charge < -0.3 is 19.1 Å². The number of esters is 1. The Bertz CT molecular complexity index is 919. The minimum Gasteiger partial charge on any atom is -0.460 e. The number of methoxy groups -OCH3 is 1. The van der Waals surface area contributed by atoms with Gasteiger partial charge in [0, 0.05) is 26.0 Å². The van der Waals surface area contributed by atoms with Crippen molar-refractivity contribution in [1.29, 1.82) is 0 Å². The zero-order valence-electron chi connectivity index (χ0n) is 22.9. The Balaban J connectivity index is 2.21. The molecule has 0 saturated carbocycles. The summed E-state index contributed by atoms with van der Waals surface area (Å²) >= 11 is 0. The fourth-order valence-corrected chi connectivity index (χ4v) is 4.54. The fourth-order valence-electron chi connectivity index (χ4n) is 4.54. The molecule has 1 amide bonds. The zero-order chi connectivity index (χ0) is 27.3. The zero-order valence-corrected chi connectivity index (χ0v) is 22.9. The van der Waals surface area contributed by atoms with Crippen LogP contribution in [-0.4, -0.2) is 59.7 Å². The van der Waals surface area contributed by atoms with Crippen molar-refractivity contribution in [3.05, 3.63) is 35.6 Å². The number of ether oxygens (including phenoxy) is 3. The predicted molar refractivity (Wildman–Crippen MR) is 135 cm³/mol. The highest BCUT2D eigenvalue weighted by Gasteiger charge is 2.42. The number of hydrogen-bond donors (Lipinski definition) is 0. The average molecular weight is 508 g/mol. The minimum atomic E-state index is -0.848. The number of nitrogens with zero attached hydrogens (tertiary/aromatic N) is 1. The van der Waals surface area contributed by atoms with Crippen molar-refractivity contribution < 1.29 is 33.0 Å². The summed E-state index contributed by atoms with van der Waals surface area (Å²) in [6.07, 6.45) is 0.380. The van der Waals surface area contributed by atoms with Crippen LogP contribution in [-0.2, 0) is 30.2 Å². The molecule has 0 N–H and O–H groups in total. The van der Waals surface area contributed by atoms with Crippen molar-refractivity contribution in [2.75, 3.05) is 13.7 Å². The van der Waals surface area contributed by atoms with Gasteiger partial charge in [-0.3, -0.25) is 9.59 Å². The number of ketones is 1. The maximum Gasteiger partial charge on any atom is 0.410 e. The number of Topliss-reactive ketones (excluding diaryl/α,β-unsaturated/α-hetero) is 1. The van der Waals surface area contributed by atoms with Crippen molar-refractivity contribution in [3.63, 3.8) is 0 Å². The molecule has 1 aromatic carbocycles. The Morgan fingerprint density at radius 1 is 1.06 bits per heavy atom. The second-order valence-electron chi connectivity index (χ2n) is 11.6. The minimum absolute atomic E-state index is 0.0468. The van der Waals surface area contributed by atoms with E-state index in [1.165, 1.54) is 13.2 Å². The van der Waals surface area contributed by atoms with E-state index in [0.717, 1.165) is 6.42 Å². The van der Waals surface area contributed by atoms with Gasteiger partial charge in [0.05, 0.1) is 18.1 Å². The summed E-state index contributed by atoms with van der Waals surface area (Å²) < 4.78 is 31.2.